The highest BCUT2D eigenvalue weighted by Crippen LogP contribution is 2.27. The van der Waals surface area contributed by atoms with Gasteiger partial charge >= 0.3 is 0 Å². The first-order valence-corrected chi connectivity index (χ1v) is 8.70. The second-order valence-corrected chi connectivity index (χ2v) is 6.57. The van der Waals surface area contributed by atoms with Gasteiger partial charge in [-0.15, -0.1) is 0 Å². The molecule has 0 bridgehead atoms. The Kier molecular flexibility index (Phi) is 7.15. The summed E-state index contributed by atoms with van der Waals surface area (Å²) in [7, 11) is 3.24. The molecule has 2 atom stereocenters. The molecule has 3 N–H and O–H groups in total. The van der Waals surface area contributed by atoms with Crippen molar-refractivity contribution in [2.45, 2.75) is 13.0 Å². The molecule has 144 valence electrons. The lowest BCUT2D eigenvalue weighted by Gasteiger charge is -2.21. The highest BCUT2D eigenvalue weighted by Gasteiger charge is 2.25. The van der Waals surface area contributed by atoms with Gasteiger partial charge in [0.1, 0.15) is 11.6 Å². The molecule has 0 fully saturated rings. The molecule has 8 heteroatoms. The van der Waals surface area contributed by atoms with Crippen molar-refractivity contribution in [3.63, 3.8) is 0 Å². The summed E-state index contributed by atoms with van der Waals surface area (Å²) in [5, 5.41) is 5.91. The van der Waals surface area contributed by atoms with Crippen LogP contribution in [-0.2, 0) is 9.59 Å². The van der Waals surface area contributed by atoms with E-state index in [0.29, 0.717) is 27.0 Å². The number of carbonyl (C=O) groups excluding carboxylic acids is 2. The number of hydrogen-bond acceptors (Lipinski definition) is 3. The van der Waals surface area contributed by atoms with E-state index in [1.807, 2.05) is 0 Å². The normalized spacial score (nSPS) is 12.8. The molecule has 27 heavy (non-hydrogen) atoms. The number of halogens is 2. The van der Waals surface area contributed by atoms with E-state index in [1.165, 1.54) is 31.4 Å². The number of nitrogens with one attached hydrogen (secondary N) is 3. The van der Waals surface area contributed by atoms with Crippen molar-refractivity contribution in [2.24, 2.45) is 0 Å². The van der Waals surface area contributed by atoms with Gasteiger partial charge in [-0.1, -0.05) is 11.6 Å². The zero-order valence-corrected chi connectivity index (χ0v) is 16.1. The fourth-order valence-corrected chi connectivity index (χ4v) is 2.56. The highest BCUT2D eigenvalue weighted by molar-refractivity contribution is 6.31. The maximum atomic E-state index is 12.9. The summed E-state index contributed by atoms with van der Waals surface area (Å²) in [5.41, 5.74) is 0.959. The molecule has 2 aromatic carbocycles. The average molecular weight is 395 g/mol. The van der Waals surface area contributed by atoms with E-state index in [1.54, 1.807) is 32.2 Å². The SMILES string of the molecule is COc1ccc(Cl)cc1NC(=O)[C@@H](C)[NH+](C)CC(=O)Nc1ccc(F)cc1. The highest BCUT2D eigenvalue weighted by atomic mass is 35.5. The molecule has 2 rings (SSSR count). The van der Waals surface area contributed by atoms with Gasteiger partial charge in [0, 0.05) is 10.7 Å². The number of ether oxygens (including phenoxy) is 1. The minimum atomic E-state index is -0.507. The Bertz CT molecular complexity index is 814. The van der Waals surface area contributed by atoms with Crippen LogP contribution in [0.4, 0.5) is 15.8 Å². The quantitative estimate of drug-likeness (QED) is 0.672. The first kappa shape index (κ1) is 20.7. The van der Waals surface area contributed by atoms with Crippen molar-refractivity contribution < 1.29 is 23.6 Å². The Balaban J connectivity index is 1.94. The molecule has 2 aromatic rings. The Morgan fingerprint density at radius 1 is 1.19 bits per heavy atom. The summed E-state index contributed by atoms with van der Waals surface area (Å²) < 4.78 is 18.1. The van der Waals surface area contributed by atoms with Crippen LogP contribution in [-0.4, -0.2) is 38.6 Å². The topological polar surface area (TPSA) is 71.9 Å². The molecule has 6 nitrogen and oxygen atoms in total. The zero-order valence-electron chi connectivity index (χ0n) is 15.3. The minimum absolute atomic E-state index is 0.0681. The molecule has 0 aliphatic heterocycles. The van der Waals surface area contributed by atoms with Gasteiger partial charge in [0.25, 0.3) is 11.8 Å². The van der Waals surface area contributed by atoms with E-state index in [4.69, 9.17) is 16.3 Å². The van der Waals surface area contributed by atoms with Crippen LogP contribution in [0.5, 0.6) is 5.75 Å². The van der Waals surface area contributed by atoms with Gasteiger partial charge in [0.15, 0.2) is 12.6 Å². The van der Waals surface area contributed by atoms with E-state index in [0.717, 1.165) is 0 Å². The van der Waals surface area contributed by atoms with Gasteiger partial charge in [-0.3, -0.25) is 9.59 Å². The molecule has 0 aromatic heterocycles. The van der Waals surface area contributed by atoms with Crippen LogP contribution in [0.1, 0.15) is 6.92 Å². The molecule has 1 unspecified atom stereocenters. The van der Waals surface area contributed by atoms with Crippen LogP contribution in [0.25, 0.3) is 0 Å². The number of benzene rings is 2. The monoisotopic (exact) mass is 394 g/mol. The van der Waals surface area contributed by atoms with Crippen LogP contribution >= 0.6 is 11.6 Å². The average Bonchev–Trinajstić information content (AvgIpc) is 2.63. The van der Waals surface area contributed by atoms with Crippen molar-refractivity contribution >= 4 is 34.8 Å². The maximum absolute atomic E-state index is 12.9. The standard InChI is InChI=1S/C19H21ClFN3O3/c1-12(19(26)23-16-10-13(20)4-9-17(16)27-3)24(2)11-18(25)22-15-7-5-14(21)6-8-15/h4-10,12H,11H2,1-3H3,(H,22,25)(H,23,26)/p+1/t12-/m1/s1. The lowest BCUT2D eigenvalue weighted by Crippen LogP contribution is -3.14. The summed E-state index contributed by atoms with van der Waals surface area (Å²) in [4.78, 5) is 25.3. The van der Waals surface area contributed by atoms with E-state index in [-0.39, 0.29) is 24.2 Å². The van der Waals surface area contributed by atoms with Crippen molar-refractivity contribution in [3.05, 3.63) is 53.3 Å². The molecule has 0 aliphatic rings. The van der Waals surface area contributed by atoms with E-state index >= 15 is 0 Å². The smallest absolute Gasteiger partial charge is 0.282 e. The lowest BCUT2D eigenvalue weighted by molar-refractivity contribution is -0.885. The molecular formula is C19H22ClFN3O3+. The Labute approximate surface area is 162 Å². The first-order valence-electron chi connectivity index (χ1n) is 8.32. The van der Waals surface area contributed by atoms with Crippen LogP contribution in [0.2, 0.25) is 5.02 Å². The molecule has 0 radical (unpaired) electrons. The van der Waals surface area contributed by atoms with Gasteiger partial charge in [0.2, 0.25) is 0 Å². The lowest BCUT2D eigenvalue weighted by atomic mass is 10.2. The summed E-state index contributed by atoms with van der Waals surface area (Å²) in [6.07, 6.45) is 0. The molecule has 0 spiro atoms. The summed E-state index contributed by atoms with van der Waals surface area (Å²) >= 11 is 5.97. The predicted octanol–water partition coefficient (Wildman–Crippen LogP) is 1.97. The number of amides is 2. The van der Waals surface area contributed by atoms with Gasteiger partial charge < -0.3 is 20.3 Å². The number of rotatable bonds is 7. The largest absolute Gasteiger partial charge is 0.495 e. The maximum Gasteiger partial charge on any atom is 0.282 e. The Morgan fingerprint density at radius 3 is 2.48 bits per heavy atom. The Morgan fingerprint density at radius 2 is 1.85 bits per heavy atom. The van der Waals surface area contributed by atoms with Crippen molar-refractivity contribution in [1.82, 2.24) is 0 Å². The van der Waals surface area contributed by atoms with E-state index in [9.17, 15) is 14.0 Å². The van der Waals surface area contributed by atoms with Gasteiger partial charge in [0.05, 0.1) is 19.8 Å². The summed E-state index contributed by atoms with van der Waals surface area (Å²) in [6, 6.07) is 9.90. The van der Waals surface area contributed by atoms with Crippen molar-refractivity contribution in [3.8, 4) is 5.75 Å². The molecule has 0 saturated heterocycles. The predicted molar refractivity (Wildman–Crippen MR) is 103 cm³/mol. The van der Waals surface area contributed by atoms with Crippen LogP contribution in [0, 0.1) is 5.82 Å². The third-order valence-corrected chi connectivity index (χ3v) is 4.35. The first-order chi connectivity index (χ1) is 12.8. The number of hydrogen-bond donors (Lipinski definition) is 3. The van der Waals surface area contributed by atoms with Gasteiger partial charge in [-0.25, -0.2) is 4.39 Å². The molecule has 0 heterocycles. The number of quaternary nitrogens is 1. The second-order valence-electron chi connectivity index (χ2n) is 6.13. The molecular weight excluding hydrogens is 373 g/mol. The Hall–Kier alpha value is -2.64. The minimum Gasteiger partial charge on any atom is -0.495 e. The fraction of sp³-hybridized carbons (Fsp3) is 0.263. The summed E-state index contributed by atoms with van der Waals surface area (Å²) in [5.74, 6) is -0.439. The van der Waals surface area contributed by atoms with Gasteiger partial charge in [-0.05, 0) is 49.4 Å². The third kappa shape index (κ3) is 5.94. The molecule has 0 saturated carbocycles. The fourth-order valence-electron chi connectivity index (χ4n) is 2.39. The van der Waals surface area contributed by atoms with Crippen LogP contribution in [0.15, 0.2) is 42.5 Å². The number of carbonyl (C=O) groups is 2. The third-order valence-electron chi connectivity index (χ3n) is 4.12. The number of likely N-dealkylation sites (N-methyl/N-ethyl adjacent to an activating group) is 1. The summed E-state index contributed by atoms with van der Waals surface area (Å²) in [6.45, 7) is 1.78. The van der Waals surface area contributed by atoms with Crippen molar-refractivity contribution in [1.29, 1.82) is 0 Å². The number of anilines is 2. The van der Waals surface area contributed by atoms with Gasteiger partial charge in [-0.2, -0.15) is 0 Å². The molecule has 2 amide bonds. The second kappa shape index (κ2) is 9.34. The number of methoxy groups -OCH3 is 1. The van der Waals surface area contributed by atoms with E-state index in [2.05, 4.69) is 10.6 Å². The van der Waals surface area contributed by atoms with Crippen LogP contribution in [0.3, 0.4) is 0 Å². The molecule has 0 aliphatic carbocycles. The van der Waals surface area contributed by atoms with E-state index < -0.39 is 6.04 Å². The van der Waals surface area contributed by atoms with Crippen molar-refractivity contribution in [2.75, 3.05) is 31.3 Å². The zero-order chi connectivity index (χ0) is 20.0. The van der Waals surface area contributed by atoms with Crippen LogP contribution < -0.4 is 20.3 Å².